The highest BCUT2D eigenvalue weighted by molar-refractivity contribution is 6.31. The lowest BCUT2D eigenvalue weighted by molar-refractivity contribution is 1.00. The summed E-state index contributed by atoms with van der Waals surface area (Å²) in [7, 11) is 0. The lowest BCUT2D eigenvalue weighted by Crippen LogP contribution is -2.06. The van der Waals surface area contributed by atoms with Crippen LogP contribution in [-0.2, 0) is 12.8 Å². The van der Waals surface area contributed by atoms with Gasteiger partial charge in [0.15, 0.2) is 0 Å². The fraction of sp³-hybridized carbons (Fsp3) is 0.143. The van der Waals surface area contributed by atoms with Crippen molar-refractivity contribution in [2.45, 2.75) is 12.8 Å². The Kier molecular flexibility index (Phi) is 2.42. The van der Waals surface area contributed by atoms with Gasteiger partial charge in [-0.15, -0.1) is 0 Å². The predicted octanol–water partition coefficient (Wildman–Crippen LogP) is 4.49. The van der Waals surface area contributed by atoms with Crippen LogP contribution in [-0.4, -0.2) is 0 Å². The number of halogens is 2. The van der Waals surface area contributed by atoms with Gasteiger partial charge in [-0.3, -0.25) is 0 Å². The molecule has 0 heterocycles. The monoisotopic (exact) mass is 248 g/mol. The third kappa shape index (κ3) is 1.73. The second kappa shape index (κ2) is 3.80. The van der Waals surface area contributed by atoms with E-state index in [2.05, 4.69) is 24.3 Å². The van der Waals surface area contributed by atoms with E-state index >= 15 is 0 Å². The zero-order valence-corrected chi connectivity index (χ0v) is 10.1. The van der Waals surface area contributed by atoms with Crippen LogP contribution in [0.2, 0.25) is 10.0 Å². The smallest absolute Gasteiger partial charge is 0.0409 e. The number of rotatable bonds is 0. The normalized spacial score (nSPS) is 13.1. The molecule has 2 aromatic rings. The van der Waals surface area contributed by atoms with Crippen molar-refractivity contribution in [2.24, 2.45) is 0 Å². The van der Waals surface area contributed by atoms with Crippen LogP contribution in [0.15, 0.2) is 36.4 Å². The van der Waals surface area contributed by atoms with Crippen molar-refractivity contribution >= 4 is 23.2 Å². The van der Waals surface area contributed by atoms with E-state index in [0.717, 1.165) is 22.9 Å². The largest absolute Gasteiger partial charge is 0.0843 e. The van der Waals surface area contributed by atoms with E-state index in [1.807, 2.05) is 12.1 Å². The summed E-state index contributed by atoms with van der Waals surface area (Å²) in [5, 5.41) is 1.63. The van der Waals surface area contributed by atoms with E-state index in [4.69, 9.17) is 23.2 Å². The molecule has 2 heteroatoms. The number of benzene rings is 2. The molecule has 0 nitrogen and oxygen atoms in total. The van der Waals surface area contributed by atoms with Gasteiger partial charge in [-0.2, -0.15) is 0 Å². The van der Waals surface area contributed by atoms with Crippen molar-refractivity contribution in [1.82, 2.24) is 0 Å². The third-order valence-corrected chi connectivity index (χ3v) is 3.57. The van der Waals surface area contributed by atoms with Gasteiger partial charge in [0.25, 0.3) is 0 Å². The fourth-order valence-electron chi connectivity index (χ4n) is 2.27. The number of hydrogen-bond acceptors (Lipinski definition) is 0. The van der Waals surface area contributed by atoms with Crippen molar-refractivity contribution in [1.29, 1.82) is 0 Å². The Bertz CT molecular complexity index is 507. The van der Waals surface area contributed by atoms with Gasteiger partial charge in [0, 0.05) is 10.0 Å². The quantitative estimate of drug-likeness (QED) is 0.550. The van der Waals surface area contributed by atoms with Crippen LogP contribution in [0.1, 0.15) is 22.3 Å². The fourth-order valence-corrected chi connectivity index (χ4v) is 2.66. The summed E-state index contributed by atoms with van der Waals surface area (Å²) in [5.74, 6) is 0. The first-order valence-corrected chi connectivity index (χ1v) is 6.02. The van der Waals surface area contributed by atoms with Crippen LogP contribution in [0.5, 0.6) is 0 Å². The molecule has 0 radical (unpaired) electrons. The Morgan fingerprint density at radius 3 is 1.50 bits per heavy atom. The van der Waals surface area contributed by atoms with Gasteiger partial charge >= 0.3 is 0 Å². The van der Waals surface area contributed by atoms with Crippen LogP contribution in [0.25, 0.3) is 0 Å². The Hall–Kier alpha value is -0.980. The zero-order valence-electron chi connectivity index (χ0n) is 8.63. The van der Waals surface area contributed by atoms with Crippen LogP contribution < -0.4 is 0 Å². The second-order valence-electron chi connectivity index (χ2n) is 4.18. The van der Waals surface area contributed by atoms with Crippen LogP contribution in [0, 0.1) is 0 Å². The minimum absolute atomic E-state index is 0.816. The van der Waals surface area contributed by atoms with Crippen molar-refractivity contribution in [3.8, 4) is 0 Å². The van der Waals surface area contributed by atoms with Gasteiger partial charge in [-0.25, -0.2) is 0 Å². The molecule has 0 unspecified atom stereocenters. The molecule has 80 valence electrons. The highest BCUT2D eigenvalue weighted by Crippen LogP contribution is 2.30. The molecule has 0 aliphatic heterocycles. The number of hydrogen-bond donors (Lipinski definition) is 0. The van der Waals surface area contributed by atoms with Gasteiger partial charge in [0.2, 0.25) is 0 Å². The topological polar surface area (TPSA) is 0 Å². The maximum atomic E-state index is 6.01. The predicted molar refractivity (Wildman–Crippen MR) is 68.5 cm³/mol. The average Bonchev–Trinajstić information content (AvgIpc) is 2.26. The van der Waals surface area contributed by atoms with E-state index < -0.39 is 0 Å². The zero-order chi connectivity index (χ0) is 11.1. The molecule has 3 rings (SSSR count). The average molecular weight is 249 g/mol. The summed E-state index contributed by atoms with van der Waals surface area (Å²) < 4.78 is 0. The van der Waals surface area contributed by atoms with E-state index in [9.17, 15) is 0 Å². The van der Waals surface area contributed by atoms with Gasteiger partial charge in [-0.1, -0.05) is 35.3 Å². The highest BCUT2D eigenvalue weighted by Gasteiger charge is 2.15. The maximum Gasteiger partial charge on any atom is 0.0409 e. The van der Waals surface area contributed by atoms with Gasteiger partial charge < -0.3 is 0 Å². The van der Waals surface area contributed by atoms with Crippen LogP contribution in [0.4, 0.5) is 0 Å². The molecule has 0 fully saturated rings. The van der Waals surface area contributed by atoms with Crippen molar-refractivity contribution in [3.63, 3.8) is 0 Å². The Morgan fingerprint density at radius 1 is 0.625 bits per heavy atom. The standard InChI is InChI=1S/C14H10Cl2/c15-13-3-1-9-5-12-8-14(16)4-2-10(12)6-11(9)7-13/h1-4,7-8H,5-6H2. The van der Waals surface area contributed by atoms with Gasteiger partial charge in [-0.05, 0) is 59.4 Å². The highest BCUT2D eigenvalue weighted by atomic mass is 35.5. The lowest BCUT2D eigenvalue weighted by atomic mass is 9.86. The van der Waals surface area contributed by atoms with E-state index in [1.165, 1.54) is 22.3 Å². The van der Waals surface area contributed by atoms with E-state index in [1.54, 1.807) is 0 Å². The van der Waals surface area contributed by atoms with E-state index in [0.29, 0.717) is 0 Å². The summed E-state index contributed by atoms with van der Waals surface area (Å²) in [6.45, 7) is 0. The molecule has 0 aromatic heterocycles. The molecule has 0 N–H and O–H groups in total. The SMILES string of the molecule is Clc1ccc2c(c1)Cc1ccc(Cl)cc1C2. The molecule has 16 heavy (non-hydrogen) atoms. The summed E-state index contributed by atoms with van der Waals surface area (Å²) in [6, 6.07) is 12.3. The minimum Gasteiger partial charge on any atom is -0.0843 e. The molecule has 2 aromatic carbocycles. The van der Waals surface area contributed by atoms with Gasteiger partial charge in [0.1, 0.15) is 0 Å². The summed E-state index contributed by atoms with van der Waals surface area (Å²) in [4.78, 5) is 0. The summed E-state index contributed by atoms with van der Waals surface area (Å²) in [5.41, 5.74) is 5.39. The Labute approximate surface area is 105 Å². The third-order valence-electron chi connectivity index (χ3n) is 3.10. The van der Waals surface area contributed by atoms with Crippen LogP contribution >= 0.6 is 23.2 Å². The summed E-state index contributed by atoms with van der Waals surface area (Å²) in [6.07, 6.45) is 1.92. The number of fused-ring (bicyclic) bond motifs is 2. The molecule has 0 bridgehead atoms. The molecule has 0 saturated heterocycles. The molecule has 0 atom stereocenters. The molecular weight excluding hydrogens is 239 g/mol. The van der Waals surface area contributed by atoms with E-state index in [-0.39, 0.29) is 0 Å². The van der Waals surface area contributed by atoms with Crippen molar-refractivity contribution < 1.29 is 0 Å². The first kappa shape index (κ1) is 10.2. The molecule has 1 aliphatic carbocycles. The van der Waals surface area contributed by atoms with Gasteiger partial charge in [0.05, 0.1) is 0 Å². The molecule has 0 spiro atoms. The Morgan fingerprint density at radius 2 is 1.06 bits per heavy atom. The molecular formula is C14H10Cl2. The summed E-state index contributed by atoms with van der Waals surface area (Å²) >= 11 is 12.0. The first-order valence-electron chi connectivity index (χ1n) is 5.27. The van der Waals surface area contributed by atoms with Crippen molar-refractivity contribution in [2.75, 3.05) is 0 Å². The van der Waals surface area contributed by atoms with Crippen LogP contribution in [0.3, 0.4) is 0 Å². The minimum atomic E-state index is 0.816. The maximum absolute atomic E-state index is 6.01. The van der Waals surface area contributed by atoms with Crippen molar-refractivity contribution in [3.05, 3.63) is 68.7 Å². The lowest BCUT2D eigenvalue weighted by Gasteiger charge is -2.19. The molecule has 0 saturated carbocycles. The Balaban J connectivity index is 2.09. The molecule has 1 aliphatic rings. The second-order valence-corrected chi connectivity index (χ2v) is 5.05. The molecule has 0 amide bonds. The first-order chi connectivity index (χ1) is 7.72.